The Morgan fingerprint density at radius 3 is 2.65 bits per heavy atom. The maximum absolute atomic E-state index is 12.7. The van der Waals surface area contributed by atoms with Crippen LogP contribution in [0.1, 0.15) is 22.3 Å². The minimum atomic E-state index is -4.37. The van der Waals surface area contributed by atoms with Gasteiger partial charge in [0.05, 0.1) is 6.42 Å². The van der Waals surface area contributed by atoms with Crippen LogP contribution in [0.5, 0.6) is 0 Å². The molecule has 0 atom stereocenters. The Kier molecular flexibility index (Phi) is 6.39. The van der Waals surface area contributed by atoms with Crippen LogP contribution in [-0.4, -0.2) is 24.0 Å². The molecular formula is C21H20F3NO. The molecule has 136 valence electrons. The molecule has 0 saturated heterocycles. The zero-order valence-electron chi connectivity index (χ0n) is 14.5. The molecule has 0 fully saturated rings. The topological polar surface area (TPSA) is 20.3 Å². The molecule has 0 aliphatic heterocycles. The van der Waals surface area contributed by atoms with Crippen molar-refractivity contribution in [1.29, 1.82) is 0 Å². The summed E-state index contributed by atoms with van der Waals surface area (Å²) in [5, 5.41) is 0. The van der Waals surface area contributed by atoms with Crippen molar-refractivity contribution in [3.8, 4) is 0 Å². The lowest BCUT2D eigenvalue weighted by molar-refractivity contribution is -0.127. The van der Waals surface area contributed by atoms with Crippen LogP contribution < -0.4 is 0 Å². The maximum Gasteiger partial charge on any atom is 0.393 e. The van der Waals surface area contributed by atoms with E-state index in [1.807, 2.05) is 30.4 Å². The molecule has 1 aliphatic rings. The van der Waals surface area contributed by atoms with E-state index in [1.165, 1.54) is 36.3 Å². The predicted molar refractivity (Wildman–Crippen MR) is 97.6 cm³/mol. The van der Waals surface area contributed by atoms with Gasteiger partial charge in [0.25, 0.3) is 5.91 Å². The Morgan fingerprint density at radius 2 is 2.00 bits per heavy atom. The summed E-state index contributed by atoms with van der Waals surface area (Å²) in [7, 11) is 1.50. The largest absolute Gasteiger partial charge is 0.393 e. The van der Waals surface area contributed by atoms with Gasteiger partial charge < -0.3 is 4.90 Å². The van der Waals surface area contributed by atoms with Gasteiger partial charge in [-0.3, -0.25) is 4.79 Å². The van der Waals surface area contributed by atoms with Gasteiger partial charge in [0.2, 0.25) is 0 Å². The van der Waals surface area contributed by atoms with Crippen LogP contribution in [0.2, 0.25) is 0 Å². The minimum Gasteiger partial charge on any atom is -0.318 e. The molecule has 0 aromatic heterocycles. The Labute approximate surface area is 151 Å². The number of benzene rings is 1. The second-order valence-electron chi connectivity index (χ2n) is 5.96. The van der Waals surface area contributed by atoms with Crippen molar-refractivity contribution in [3.05, 3.63) is 95.8 Å². The summed E-state index contributed by atoms with van der Waals surface area (Å²) in [6, 6.07) is 5.77. The average Bonchev–Trinajstić information content (AvgIpc) is 3.10. The molecule has 26 heavy (non-hydrogen) atoms. The molecule has 0 unspecified atom stereocenters. The Morgan fingerprint density at radius 1 is 1.27 bits per heavy atom. The number of carbonyl (C=O) groups is 1. The first-order valence-electron chi connectivity index (χ1n) is 8.09. The van der Waals surface area contributed by atoms with E-state index < -0.39 is 18.5 Å². The first-order valence-corrected chi connectivity index (χ1v) is 8.09. The number of nitrogens with zero attached hydrogens (tertiary/aromatic N) is 1. The molecule has 2 nitrogen and oxygen atoms in total. The van der Waals surface area contributed by atoms with Gasteiger partial charge in [-0.25, -0.2) is 0 Å². The molecule has 1 aliphatic carbocycles. The van der Waals surface area contributed by atoms with Crippen LogP contribution in [0.15, 0.2) is 84.6 Å². The van der Waals surface area contributed by atoms with E-state index in [1.54, 1.807) is 12.1 Å². The van der Waals surface area contributed by atoms with Gasteiger partial charge in [-0.2, -0.15) is 13.2 Å². The second kappa shape index (κ2) is 8.52. The molecule has 0 saturated carbocycles. The number of amides is 1. The van der Waals surface area contributed by atoms with Crippen LogP contribution in [0.25, 0.3) is 0 Å². The summed E-state index contributed by atoms with van der Waals surface area (Å²) >= 11 is 0. The monoisotopic (exact) mass is 359 g/mol. The van der Waals surface area contributed by atoms with Gasteiger partial charge in [-0.15, -0.1) is 0 Å². The summed E-state index contributed by atoms with van der Waals surface area (Å²) in [6.45, 7) is 3.88. The second-order valence-corrected chi connectivity index (χ2v) is 5.96. The van der Waals surface area contributed by atoms with Crippen LogP contribution in [0.3, 0.4) is 0 Å². The van der Waals surface area contributed by atoms with E-state index in [2.05, 4.69) is 6.58 Å². The molecule has 0 spiro atoms. The van der Waals surface area contributed by atoms with Crippen molar-refractivity contribution in [2.75, 3.05) is 7.05 Å². The van der Waals surface area contributed by atoms with Gasteiger partial charge in [-0.1, -0.05) is 55.2 Å². The van der Waals surface area contributed by atoms with Crippen LogP contribution in [0, 0.1) is 0 Å². The average molecular weight is 359 g/mol. The highest BCUT2D eigenvalue weighted by atomic mass is 19.4. The third kappa shape index (κ3) is 5.92. The van der Waals surface area contributed by atoms with Gasteiger partial charge in [-0.05, 0) is 35.3 Å². The number of allylic oxidation sites excluding steroid dienone is 8. The lowest BCUT2D eigenvalue weighted by Gasteiger charge is -2.16. The van der Waals surface area contributed by atoms with Gasteiger partial charge in [0.1, 0.15) is 0 Å². The third-order valence-electron chi connectivity index (χ3n) is 3.78. The summed E-state index contributed by atoms with van der Waals surface area (Å²) in [6.07, 6.45) is 8.30. The number of alkyl halides is 3. The molecule has 1 amide bonds. The highest BCUT2D eigenvalue weighted by molar-refractivity contribution is 5.96. The number of hydrogen-bond acceptors (Lipinski definition) is 1. The zero-order chi connectivity index (χ0) is 19.2. The molecule has 0 heterocycles. The number of rotatable bonds is 6. The minimum absolute atomic E-state index is 0.0374. The third-order valence-corrected chi connectivity index (χ3v) is 3.78. The zero-order valence-corrected chi connectivity index (χ0v) is 14.5. The van der Waals surface area contributed by atoms with Crippen molar-refractivity contribution in [1.82, 2.24) is 4.90 Å². The van der Waals surface area contributed by atoms with E-state index in [0.717, 1.165) is 12.0 Å². The highest BCUT2D eigenvalue weighted by Gasteiger charge is 2.30. The fraction of sp³-hybridized carbons (Fsp3) is 0.190. The molecule has 0 N–H and O–H groups in total. The summed E-state index contributed by atoms with van der Waals surface area (Å²) < 4.78 is 38.1. The Bertz CT molecular complexity index is 798. The molecule has 1 aromatic carbocycles. The van der Waals surface area contributed by atoms with Crippen molar-refractivity contribution in [2.45, 2.75) is 19.0 Å². The number of hydrogen-bond donors (Lipinski definition) is 0. The van der Waals surface area contributed by atoms with Crippen LogP contribution in [0.4, 0.5) is 13.2 Å². The normalized spacial score (nSPS) is 14.2. The SMILES string of the molecule is C=C(/C=C\N(C)C(=O)c1ccccc1CC(F)(F)F)/C=C/C1=CC=CC1. The highest BCUT2D eigenvalue weighted by Crippen LogP contribution is 2.24. The summed E-state index contributed by atoms with van der Waals surface area (Å²) in [5.41, 5.74) is 1.84. The Hall–Kier alpha value is -2.82. The van der Waals surface area contributed by atoms with Gasteiger partial charge >= 0.3 is 6.18 Å². The molecule has 5 heteroatoms. The van der Waals surface area contributed by atoms with Gasteiger partial charge in [0, 0.05) is 18.8 Å². The lowest BCUT2D eigenvalue weighted by atomic mass is 10.0. The number of carbonyl (C=O) groups excluding carboxylic acids is 1. The van der Waals surface area contributed by atoms with Crippen molar-refractivity contribution in [2.24, 2.45) is 0 Å². The summed E-state index contributed by atoms with van der Waals surface area (Å²) in [4.78, 5) is 13.7. The van der Waals surface area contributed by atoms with E-state index in [9.17, 15) is 18.0 Å². The standard InChI is InChI=1S/C21H20F3NO/c1-16(11-12-17-7-3-4-8-17)13-14-25(2)20(26)19-10-6-5-9-18(19)15-21(22,23)24/h3-7,9-14H,1,8,15H2,2H3/b12-11+,14-13-. The van der Waals surface area contributed by atoms with E-state index in [0.29, 0.717) is 5.57 Å². The maximum atomic E-state index is 12.7. The van der Waals surface area contributed by atoms with Crippen LogP contribution >= 0.6 is 0 Å². The van der Waals surface area contributed by atoms with Gasteiger partial charge in [0.15, 0.2) is 0 Å². The molecular weight excluding hydrogens is 339 g/mol. The molecule has 1 aromatic rings. The quantitative estimate of drug-likeness (QED) is 0.625. The van der Waals surface area contributed by atoms with Crippen molar-refractivity contribution >= 4 is 5.91 Å². The van der Waals surface area contributed by atoms with Crippen molar-refractivity contribution < 1.29 is 18.0 Å². The first-order chi connectivity index (χ1) is 12.3. The Balaban J connectivity index is 2.04. The van der Waals surface area contributed by atoms with Crippen LogP contribution in [-0.2, 0) is 6.42 Å². The van der Waals surface area contributed by atoms with E-state index in [-0.39, 0.29) is 11.1 Å². The lowest BCUT2D eigenvalue weighted by Crippen LogP contribution is -2.24. The molecule has 0 bridgehead atoms. The van der Waals surface area contributed by atoms with E-state index in [4.69, 9.17) is 0 Å². The summed E-state index contributed by atoms with van der Waals surface area (Å²) in [5.74, 6) is -0.499. The van der Waals surface area contributed by atoms with E-state index >= 15 is 0 Å². The fourth-order valence-corrected chi connectivity index (χ4v) is 2.42. The number of halogens is 3. The van der Waals surface area contributed by atoms with Crippen molar-refractivity contribution in [3.63, 3.8) is 0 Å². The molecule has 2 rings (SSSR count). The fourth-order valence-electron chi connectivity index (χ4n) is 2.42. The molecule has 0 radical (unpaired) electrons. The first kappa shape index (κ1) is 19.5. The predicted octanol–water partition coefficient (Wildman–Crippen LogP) is 5.38. The smallest absolute Gasteiger partial charge is 0.318 e.